The van der Waals surface area contributed by atoms with Gasteiger partial charge >= 0.3 is 0 Å². The molecule has 2 rings (SSSR count). The molecule has 1 spiro atoms. The van der Waals surface area contributed by atoms with E-state index in [0.717, 1.165) is 12.8 Å². The maximum Gasteiger partial charge on any atom is 0.253 e. The Morgan fingerprint density at radius 3 is 2.43 bits per heavy atom. The number of hydrogen-bond acceptors (Lipinski definition) is 3. The van der Waals surface area contributed by atoms with Gasteiger partial charge in [0.15, 0.2) is 0 Å². The van der Waals surface area contributed by atoms with Crippen molar-refractivity contribution in [3.8, 4) is 0 Å². The van der Waals surface area contributed by atoms with E-state index in [4.69, 9.17) is 10.6 Å². The molecule has 0 radical (unpaired) electrons. The maximum absolute atomic E-state index is 11.9. The van der Waals surface area contributed by atoms with Crippen LogP contribution in [0, 0.1) is 10.8 Å². The Kier molecular flexibility index (Phi) is 2.08. The van der Waals surface area contributed by atoms with Gasteiger partial charge < -0.3 is 5.73 Å². The molecule has 0 aromatic rings. The normalized spacial score (nSPS) is 25.6. The second-order valence-electron chi connectivity index (χ2n) is 4.82. The van der Waals surface area contributed by atoms with E-state index in [1.165, 1.54) is 25.0 Å². The van der Waals surface area contributed by atoms with Gasteiger partial charge in [-0.1, -0.05) is 0 Å². The van der Waals surface area contributed by atoms with Gasteiger partial charge in [-0.3, -0.25) is 9.63 Å². The zero-order valence-corrected chi connectivity index (χ0v) is 8.88. The highest BCUT2D eigenvalue weighted by molar-refractivity contribution is 5.83. The van der Waals surface area contributed by atoms with E-state index in [0.29, 0.717) is 12.0 Å². The molecule has 4 nitrogen and oxygen atoms in total. The molecule has 4 heteroatoms. The fourth-order valence-corrected chi connectivity index (χ4v) is 2.71. The van der Waals surface area contributed by atoms with Crippen LogP contribution in [0.5, 0.6) is 0 Å². The molecule has 0 aliphatic heterocycles. The monoisotopic (exact) mass is 198 g/mol. The van der Waals surface area contributed by atoms with Crippen molar-refractivity contribution in [1.82, 2.24) is 5.06 Å². The number of amides is 1. The number of hydroxylamine groups is 2. The average molecular weight is 198 g/mol. The molecule has 80 valence electrons. The standard InChI is InChI=1S/C10H18N2O2/c1-12(14-2)8(13)10(7-11)5-9(6-10)3-4-9/h3-7,11H2,1-2H3. The van der Waals surface area contributed by atoms with Gasteiger partial charge in [0.1, 0.15) is 0 Å². The van der Waals surface area contributed by atoms with Gasteiger partial charge in [0.25, 0.3) is 5.91 Å². The fourth-order valence-electron chi connectivity index (χ4n) is 2.71. The predicted molar refractivity (Wildman–Crippen MR) is 52.2 cm³/mol. The quantitative estimate of drug-likeness (QED) is 0.673. The van der Waals surface area contributed by atoms with Crippen LogP contribution in [0.4, 0.5) is 0 Å². The van der Waals surface area contributed by atoms with Gasteiger partial charge in [-0.25, -0.2) is 5.06 Å². The van der Waals surface area contributed by atoms with Crippen LogP contribution in [-0.2, 0) is 9.63 Å². The lowest BCUT2D eigenvalue weighted by atomic mass is 9.59. The summed E-state index contributed by atoms with van der Waals surface area (Å²) in [5.41, 5.74) is 5.88. The Balaban J connectivity index is 2.03. The van der Waals surface area contributed by atoms with Crippen molar-refractivity contribution in [2.45, 2.75) is 25.7 Å². The molecule has 0 unspecified atom stereocenters. The van der Waals surface area contributed by atoms with E-state index >= 15 is 0 Å². The summed E-state index contributed by atoms with van der Waals surface area (Å²) >= 11 is 0. The van der Waals surface area contributed by atoms with Crippen molar-refractivity contribution in [1.29, 1.82) is 0 Å². The molecule has 2 aliphatic carbocycles. The average Bonchev–Trinajstić information content (AvgIpc) is 2.92. The highest BCUT2D eigenvalue weighted by Crippen LogP contribution is 2.68. The van der Waals surface area contributed by atoms with Crippen LogP contribution in [0.25, 0.3) is 0 Å². The second-order valence-corrected chi connectivity index (χ2v) is 4.82. The zero-order chi connectivity index (χ0) is 10.4. The van der Waals surface area contributed by atoms with Gasteiger partial charge in [-0.05, 0) is 31.1 Å². The van der Waals surface area contributed by atoms with Crippen LogP contribution in [0.15, 0.2) is 0 Å². The van der Waals surface area contributed by atoms with Gasteiger partial charge in [-0.15, -0.1) is 0 Å². The predicted octanol–water partition coefficient (Wildman–Crippen LogP) is 0.525. The smallest absolute Gasteiger partial charge is 0.253 e. The number of nitrogens with zero attached hydrogens (tertiary/aromatic N) is 1. The topological polar surface area (TPSA) is 55.6 Å². The third kappa shape index (κ3) is 1.25. The van der Waals surface area contributed by atoms with Gasteiger partial charge in [0.2, 0.25) is 0 Å². The van der Waals surface area contributed by atoms with Crippen LogP contribution >= 0.6 is 0 Å². The number of hydrogen-bond donors (Lipinski definition) is 1. The maximum atomic E-state index is 11.9. The summed E-state index contributed by atoms with van der Waals surface area (Å²) in [5, 5.41) is 1.31. The van der Waals surface area contributed by atoms with E-state index in [1.54, 1.807) is 7.05 Å². The molecule has 0 heterocycles. The van der Waals surface area contributed by atoms with Crippen molar-refractivity contribution < 1.29 is 9.63 Å². The summed E-state index contributed by atoms with van der Waals surface area (Å²) in [6, 6.07) is 0. The van der Waals surface area contributed by atoms with Crippen LogP contribution in [-0.4, -0.2) is 31.7 Å². The minimum Gasteiger partial charge on any atom is -0.329 e. The first-order chi connectivity index (χ1) is 6.57. The second kappa shape index (κ2) is 2.94. The minimum atomic E-state index is -0.318. The summed E-state index contributed by atoms with van der Waals surface area (Å²) in [5.74, 6) is 0.0417. The molecular formula is C10H18N2O2. The molecular weight excluding hydrogens is 180 g/mol. The molecule has 1 amide bonds. The third-order valence-electron chi connectivity index (χ3n) is 3.79. The van der Waals surface area contributed by atoms with E-state index in [1.807, 2.05) is 0 Å². The first-order valence-electron chi connectivity index (χ1n) is 5.10. The van der Waals surface area contributed by atoms with Crippen molar-refractivity contribution in [3.05, 3.63) is 0 Å². The summed E-state index contributed by atoms with van der Waals surface area (Å²) in [7, 11) is 3.16. The van der Waals surface area contributed by atoms with Crippen LogP contribution < -0.4 is 5.73 Å². The molecule has 0 bridgehead atoms. The molecule has 2 N–H and O–H groups in total. The summed E-state index contributed by atoms with van der Waals surface area (Å²) in [6.45, 7) is 0.446. The Morgan fingerprint density at radius 1 is 1.50 bits per heavy atom. The van der Waals surface area contributed by atoms with E-state index in [-0.39, 0.29) is 11.3 Å². The van der Waals surface area contributed by atoms with E-state index < -0.39 is 0 Å². The lowest BCUT2D eigenvalue weighted by Gasteiger charge is -2.47. The number of carbonyl (C=O) groups is 1. The van der Waals surface area contributed by atoms with E-state index in [2.05, 4.69) is 0 Å². The molecule has 0 aromatic carbocycles. The number of nitrogens with two attached hydrogens (primary N) is 1. The molecule has 14 heavy (non-hydrogen) atoms. The molecule has 0 saturated heterocycles. The van der Waals surface area contributed by atoms with Gasteiger partial charge in [-0.2, -0.15) is 0 Å². The third-order valence-corrected chi connectivity index (χ3v) is 3.79. The van der Waals surface area contributed by atoms with Crippen molar-refractivity contribution in [2.75, 3.05) is 20.7 Å². The minimum absolute atomic E-state index is 0.0417. The Hall–Kier alpha value is -0.610. The largest absolute Gasteiger partial charge is 0.329 e. The van der Waals surface area contributed by atoms with Crippen LogP contribution in [0.3, 0.4) is 0 Å². The SMILES string of the molecule is CON(C)C(=O)C1(CN)CC2(CC2)C1. The molecule has 2 aliphatic rings. The molecule has 0 aromatic heterocycles. The molecule has 2 saturated carbocycles. The lowest BCUT2D eigenvalue weighted by molar-refractivity contribution is -0.189. The summed E-state index contributed by atoms with van der Waals surface area (Å²) in [6.07, 6.45) is 4.48. The lowest BCUT2D eigenvalue weighted by Crippen LogP contribution is -2.54. The van der Waals surface area contributed by atoms with Gasteiger partial charge in [0, 0.05) is 13.6 Å². The van der Waals surface area contributed by atoms with Crippen molar-refractivity contribution in [2.24, 2.45) is 16.6 Å². The Bertz CT molecular complexity index is 253. The first-order valence-corrected chi connectivity index (χ1v) is 5.10. The fraction of sp³-hybridized carbons (Fsp3) is 0.900. The van der Waals surface area contributed by atoms with Crippen molar-refractivity contribution in [3.63, 3.8) is 0 Å². The van der Waals surface area contributed by atoms with Gasteiger partial charge in [0.05, 0.1) is 12.5 Å². The highest BCUT2D eigenvalue weighted by Gasteiger charge is 2.63. The zero-order valence-electron chi connectivity index (χ0n) is 8.88. The van der Waals surface area contributed by atoms with Crippen LogP contribution in [0.1, 0.15) is 25.7 Å². The Morgan fingerprint density at radius 2 is 2.07 bits per heavy atom. The van der Waals surface area contributed by atoms with Crippen molar-refractivity contribution >= 4 is 5.91 Å². The summed E-state index contributed by atoms with van der Waals surface area (Å²) in [4.78, 5) is 16.9. The highest BCUT2D eigenvalue weighted by atomic mass is 16.7. The summed E-state index contributed by atoms with van der Waals surface area (Å²) < 4.78 is 0. The van der Waals surface area contributed by atoms with Crippen LogP contribution in [0.2, 0.25) is 0 Å². The molecule has 0 atom stereocenters. The molecule has 2 fully saturated rings. The van der Waals surface area contributed by atoms with E-state index in [9.17, 15) is 4.79 Å². The number of rotatable bonds is 3. The Labute approximate surface area is 84.3 Å². The number of carbonyl (C=O) groups excluding carboxylic acids is 1. The first kappa shape index (κ1) is 9.93.